The van der Waals surface area contributed by atoms with Gasteiger partial charge >= 0.3 is 0 Å². The van der Waals surface area contributed by atoms with Crippen molar-refractivity contribution in [2.45, 2.75) is 65.8 Å². The van der Waals surface area contributed by atoms with Gasteiger partial charge in [0, 0.05) is 23.9 Å². The van der Waals surface area contributed by atoms with Crippen molar-refractivity contribution < 1.29 is 4.79 Å². The summed E-state index contributed by atoms with van der Waals surface area (Å²) in [6, 6.07) is 0.353. The van der Waals surface area contributed by atoms with Crippen LogP contribution in [0.2, 0.25) is 0 Å². The Balaban J connectivity index is 1.48. The van der Waals surface area contributed by atoms with Gasteiger partial charge in [0.2, 0.25) is 5.91 Å². The molecule has 0 bridgehead atoms. The zero-order chi connectivity index (χ0) is 20.3. The summed E-state index contributed by atoms with van der Waals surface area (Å²) >= 11 is 5.34. The molecule has 0 saturated heterocycles. The van der Waals surface area contributed by atoms with Gasteiger partial charge in [-0.25, -0.2) is 9.50 Å². The predicted octanol–water partition coefficient (Wildman–Crippen LogP) is 1.99. The minimum absolute atomic E-state index is 0.119. The number of amides is 1. The lowest BCUT2D eigenvalue weighted by atomic mass is 9.78. The van der Waals surface area contributed by atoms with Crippen LogP contribution in [0.5, 0.6) is 0 Å². The van der Waals surface area contributed by atoms with Gasteiger partial charge in [-0.2, -0.15) is 10.1 Å². The van der Waals surface area contributed by atoms with E-state index < -0.39 is 0 Å². The fourth-order valence-electron chi connectivity index (χ4n) is 3.93. The Kier molecular flexibility index (Phi) is 6.43. The largest absolute Gasteiger partial charge is 0.358 e. The second kappa shape index (κ2) is 8.81. The summed E-state index contributed by atoms with van der Waals surface area (Å²) in [6.07, 6.45) is 5.97. The highest BCUT2D eigenvalue weighted by Crippen LogP contribution is 2.29. The predicted molar refractivity (Wildman–Crippen MR) is 112 cm³/mol. The molecule has 0 unspecified atom stereocenters. The first kappa shape index (κ1) is 20.4. The van der Waals surface area contributed by atoms with Crippen LogP contribution in [0.1, 0.15) is 56.5 Å². The molecule has 1 saturated carbocycles. The van der Waals surface area contributed by atoms with Crippen molar-refractivity contribution in [1.29, 1.82) is 0 Å². The fourth-order valence-corrected chi connectivity index (χ4v) is 4.14. The van der Waals surface area contributed by atoms with Crippen LogP contribution in [0.4, 0.5) is 0 Å². The van der Waals surface area contributed by atoms with Crippen LogP contribution in [-0.2, 0) is 11.2 Å². The Hall–Kier alpha value is -2.29. The first-order valence-electron chi connectivity index (χ1n) is 9.88. The van der Waals surface area contributed by atoms with E-state index in [0.29, 0.717) is 41.6 Å². The Morgan fingerprint density at radius 3 is 2.86 bits per heavy atom. The van der Waals surface area contributed by atoms with Crippen LogP contribution >= 0.6 is 12.2 Å². The SMILES string of the molecule is Cc1nc2ncnn2c(C)c1CCC(=O)NNC(=S)N[C@H]1CCC[C@@H](C)[C@@H]1C. The highest BCUT2D eigenvalue weighted by Gasteiger charge is 2.27. The molecule has 2 heterocycles. The number of fused-ring (bicyclic) bond motifs is 1. The monoisotopic (exact) mass is 403 g/mol. The number of hydrogen-bond donors (Lipinski definition) is 3. The number of thiocarbonyl (C=S) groups is 1. The number of rotatable bonds is 4. The molecule has 0 aromatic carbocycles. The molecule has 2 aromatic rings. The zero-order valence-electron chi connectivity index (χ0n) is 17.0. The molecule has 3 rings (SSSR count). The summed E-state index contributed by atoms with van der Waals surface area (Å²) in [5.41, 5.74) is 8.37. The Morgan fingerprint density at radius 1 is 1.29 bits per heavy atom. The van der Waals surface area contributed by atoms with Crippen LogP contribution in [0.25, 0.3) is 5.78 Å². The lowest BCUT2D eigenvalue weighted by molar-refractivity contribution is -0.121. The van der Waals surface area contributed by atoms with Crippen molar-refractivity contribution in [1.82, 2.24) is 35.8 Å². The van der Waals surface area contributed by atoms with Crippen LogP contribution in [0.15, 0.2) is 6.33 Å². The molecule has 1 aliphatic rings. The van der Waals surface area contributed by atoms with Gasteiger partial charge in [-0.15, -0.1) is 0 Å². The molecule has 1 amide bonds. The number of carbonyl (C=O) groups is 1. The smallest absolute Gasteiger partial charge is 0.252 e. The molecule has 3 atom stereocenters. The summed E-state index contributed by atoms with van der Waals surface area (Å²) in [5.74, 6) is 1.71. The normalized spacial score (nSPS) is 22.1. The van der Waals surface area contributed by atoms with Gasteiger partial charge < -0.3 is 5.32 Å². The van der Waals surface area contributed by atoms with E-state index in [-0.39, 0.29) is 5.91 Å². The van der Waals surface area contributed by atoms with Gasteiger partial charge in [-0.05, 0) is 56.3 Å². The third-order valence-corrected chi connectivity index (χ3v) is 6.15. The van der Waals surface area contributed by atoms with Crippen molar-refractivity contribution in [3.8, 4) is 0 Å². The first-order valence-corrected chi connectivity index (χ1v) is 10.3. The number of hydrogen-bond acceptors (Lipinski definition) is 5. The quantitative estimate of drug-likeness (QED) is 0.531. The van der Waals surface area contributed by atoms with Crippen molar-refractivity contribution in [3.05, 3.63) is 23.3 Å². The van der Waals surface area contributed by atoms with E-state index in [0.717, 1.165) is 23.4 Å². The number of aromatic nitrogens is 4. The molecule has 3 N–H and O–H groups in total. The fraction of sp³-hybridized carbons (Fsp3) is 0.632. The summed E-state index contributed by atoms with van der Waals surface area (Å²) < 4.78 is 1.70. The Labute approximate surface area is 170 Å². The molecule has 0 radical (unpaired) electrons. The molecular weight excluding hydrogens is 374 g/mol. The number of hydrazine groups is 1. The first-order chi connectivity index (χ1) is 13.4. The second-order valence-corrected chi connectivity index (χ2v) is 8.16. The number of carbonyl (C=O) groups excluding carboxylic acids is 1. The molecule has 1 fully saturated rings. The average Bonchev–Trinajstić information content (AvgIpc) is 3.12. The van der Waals surface area contributed by atoms with Gasteiger partial charge in [0.15, 0.2) is 5.11 Å². The van der Waals surface area contributed by atoms with Gasteiger partial charge in [-0.3, -0.25) is 15.6 Å². The maximum atomic E-state index is 12.2. The Morgan fingerprint density at radius 2 is 2.07 bits per heavy atom. The van der Waals surface area contributed by atoms with Crippen molar-refractivity contribution in [2.24, 2.45) is 11.8 Å². The van der Waals surface area contributed by atoms with E-state index in [1.165, 1.54) is 19.2 Å². The van der Waals surface area contributed by atoms with Gasteiger partial charge in [0.1, 0.15) is 6.33 Å². The minimum Gasteiger partial charge on any atom is -0.358 e. The van der Waals surface area contributed by atoms with E-state index in [1.807, 2.05) is 13.8 Å². The van der Waals surface area contributed by atoms with Crippen LogP contribution in [-0.4, -0.2) is 36.6 Å². The lowest BCUT2D eigenvalue weighted by Crippen LogP contribution is -2.52. The molecule has 8 nitrogen and oxygen atoms in total. The van der Waals surface area contributed by atoms with E-state index in [2.05, 4.69) is 45.1 Å². The molecule has 1 aliphatic carbocycles. The Bertz CT molecular complexity index is 865. The molecule has 0 spiro atoms. The second-order valence-electron chi connectivity index (χ2n) is 7.75. The summed E-state index contributed by atoms with van der Waals surface area (Å²) in [4.78, 5) is 20.8. The zero-order valence-corrected chi connectivity index (χ0v) is 17.8. The highest BCUT2D eigenvalue weighted by atomic mass is 32.1. The summed E-state index contributed by atoms with van der Waals surface area (Å²) in [6.45, 7) is 8.44. The van der Waals surface area contributed by atoms with E-state index in [9.17, 15) is 4.79 Å². The number of nitrogens with one attached hydrogen (secondary N) is 3. The molecule has 2 aromatic heterocycles. The summed E-state index contributed by atoms with van der Waals surface area (Å²) in [7, 11) is 0. The number of nitrogens with zero attached hydrogens (tertiary/aromatic N) is 4. The molecule has 0 aliphatic heterocycles. The van der Waals surface area contributed by atoms with E-state index >= 15 is 0 Å². The van der Waals surface area contributed by atoms with Gasteiger partial charge in [0.05, 0.1) is 0 Å². The highest BCUT2D eigenvalue weighted by molar-refractivity contribution is 7.80. The van der Waals surface area contributed by atoms with Crippen LogP contribution in [0, 0.1) is 25.7 Å². The third kappa shape index (κ3) is 4.57. The molecule has 152 valence electrons. The standard InChI is InChI=1S/C19H29N7OS/c1-11-6-5-7-16(12(11)2)23-19(28)25-24-17(27)9-8-15-13(3)22-18-20-10-21-26(18)14(15)4/h10-12,16H,5-9H2,1-4H3,(H,24,27)(H2,23,25,28)/t11-,12+,16+/m1/s1. The average molecular weight is 404 g/mol. The van der Waals surface area contributed by atoms with Crippen molar-refractivity contribution in [3.63, 3.8) is 0 Å². The molecule has 9 heteroatoms. The van der Waals surface area contributed by atoms with E-state index in [1.54, 1.807) is 4.52 Å². The maximum absolute atomic E-state index is 12.2. The minimum atomic E-state index is -0.119. The van der Waals surface area contributed by atoms with Gasteiger partial charge in [-0.1, -0.05) is 26.7 Å². The summed E-state index contributed by atoms with van der Waals surface area (Å²) in [5, 5.41) is 7.99. The molecular formula is C19H29N7OS. The third-order valence-electron chi connectivity index (χ3n) is 5.93. The lowest BCUT2D eigenvalue weighted by Gasteiger charge is -2.35. The van der Waals surface area contributed by atoms with Gasteiger partial charge in [0.25, 0.3) is 5.78 Å². The number of aryl methyl sites for hydroxylation is 2. The van der Waals surface area contributed by atoms with Crippen molar-refractivity contribution in [2.75, 3.05) is 0 Å². The maximum Gasteiger partial charge on any atom is 0.252 e. The van der Waals surface area contributed by atoms with Crippen molar-refractivity contribution >= 4 is 29.0 Å². The molecule has 28 heavy (non-hydrogen) atoms. The van der Waals surface area contributed by atoms with Crippen LogP contribution < -0.4 is 16.2 Å². The topological polar surface area (TPSA) is 96.2 Å². The van der Waals surface area contributed by atoms with Crippen LogP contribution in [0.3, 0.4) is 0 Å². The van der Waals surface area contributed by atoms with E-state index in [4.69, 9.17) is 12.2 Å².